The number of Topliss-reactive ketones (excluding diaryl/α,β-unsaturated/α-hetero) is 1. The SMILES string of the molecule is COc1cccc(C2=NN[C@@H]3CC(C)(C)CC(=O)[C@H]23)c1. The molecule has 0 spiro atoms. The maximum absolute atomic E-state index is 12.5. The molecule has 1 fully saturated rings. The van der Waals surface area contributed by atoms with Crippen molar-refractivity contribution >= 4 is 11.5 Å². The zero-order chi connectivity index (χ0) is 14.3. The lowest BCUT2D eigenvalue weighted by Crippen LogP contribution is -2.45. The van der Waals surface area contributed by atoms with Crippen LogP contribution in [0.3, 0.4) is 0 Å². The first kappa shape index (κ1) is 13.2. The minimum absolute atomic E-state index is 0.0601. The highest BCUT2D eigenvalue weighted by Crippen LogP contribution is 2.39. The number of carbonyl (C=O) groups is 1. The summed E-state index contributed by atoms with van der Waals surface area (Å²) in [6.07, 6.45) is 1.60. The Balaban J connectivity index is 1.91. The van der Waals surface area contributed by atoms with E-state index in [0.29, 0.717) is 6.42 Å². The molecule has 1 N–H and O–H groups in total. The average Bonchev–Trinajstić information content (AvgIpc) is 2.81. The molecule has 0 radical (unpaired) electrons. The molecule has 2 atom stereocenters. The normalized spacial score (nSPS) is 27.6. The van der Waals surface area contributed by atoms with E-state index in [-0.39, 0.29) is 23.2 Å². The molecule has 1 aliphatic carbocycles. The largest absolute Gasteiger partial charge is 0.497 e. The molecule has 0 aromatic heterocycles. The van der Waals surface area contributed by atoms with E-state index in [4.69, 9.17) is 4.74 Å². The molecule has 1 aliphatic heterocycles. The Bertz CT molecular complexity index is 578. The van der Waals surface area contributed by atoms with Crippen molar-refractivity contribution in [2.75, 3.05) is 7.11 Å². The number of ether oxygens (including phenoxy) is 1. The van der Waals surface area contributed by atoms with Crippen molar-refractivity contribution in [3.8, 4) is 5.75 Å². The summed E-state index contributed by atoms with van der Waals surface area (Å²) >= 11 is 0. The first-order valence-electron chi connectivity index (χ1n) is 7.00. The Labute approximate surface area is 119 Å². The highest BCUT2D eigenvalue weighted by atomic mass is 16.5. The average molecular weight is 272 g/mol. The molecule has 2 aliphatic rings. The summed E-state index contributed by atoms with van der Waals surface area (Å²) in [6.45, 7) is 4.29. The number of hydrogen-bond acceptors (Lipinski definition) is 4. The number of nitrogens with one attached hydrogen (secondary N) is 1. The minimum atomic E-state index is -0.116. The maximum atomic E-state index is 12.5. The molecule has 1 aromatic carbocycles. The van der Waals surface area contributed by atoms with Gasteiger partial charge in [-0.25, -0.2) is 0 Å². The zero-order valence-electron chi connectivity index (χ0n) is 12.1. The minimum Gasteiger partial charge on any atom is -0.497 e. The number of nitrogens with zero attached hydrogens (tertiary/aromatic N) is 1. The van der Waals surface area contributed by atoms with Gasteiger partial charge in [-0.3, -0.25) is 4.79 Å². The van der Waals surface area contributed by atoms with E-state index >= 15 is 0 Å². The van der Waals surface area contributed by atoms with E-state index < -0.39 is 0 Å². The van der Waals surface area contributed by atoms with Crippen molar-refractivity contribution in [3.05, 3.63) is 29.8 Å². The molecule has 0 amide bonds. The fourth-order valence-corrected chi connectivity index (χ4v) is 3.30. The van der Waals surface area contributed by atoms with Crippen LogP contribution in [0.5, 0.6) is 5.75 Å². The van der Waals surface area contributed by atoms with Gasteiger partial charge in [0.2, 0.25) is 0 Å². The molecule has 20 heavy (non-hydrogen) atoms. The molecule has 1 aromatic rings. The Kier molecular flexibility index (Phi) is 3.04. The van der Waals surface area contributed by atoms with Crippen LogP contribution in [0.15, 0.2) is 29.4 Å². The summed E-state index contributed by atoms with van der Waals surface area (Å²) in [5, 5.41) is 4.43. The molecule has 4 heteroatoms. The van der Waals surface area contributed by atoms with Crippen LogP contribution in [0.4, 0.5) is 0 Å². The lowest BCUT2D eigenvalue weighted by atomic mass is 9.68. The highest BCUT2D eigenvalue weighted by molar-refractivity contribution is 6.15. The Morgan fingerprint density at radius 3 is 2.95 bits per heavy atom. The second-order valence-electron chi connectivity index (χ2n) is 6.45. The van der Waals surface area contributed by atoms with Crippen molar-refractivity contribution in [2.24, 2.45) is 16.4 Å². The van der Waals surface area contributed by atoms with Crippen LogP contribution in [0, 0.1) is 11.3 Å². The van der Waals surface area contributed by atoms with Crippen molar-refractivity contribution in [1.82, 2.24) is 5.43 Å². The number of ketones is 1. The molecule has 0 bridgehead atoms. The van der Waals surface area contributed by atoms with Gasteiger partial charge in [0, 0.05) is 12.0 Å². The van der Waals surface area contributed by atoms with E-state index in [0.717, 1.165) is 23.4 Å². The predicted octanol–water partition coefficient (Wildman–Crippen LogP) is 2.38. The maximum Gasteiger partial charge on any atom is 0.144 e. The lowest BCUT2D eigenvalue weighted by molar-refractivity contribution is -0.126. The van der Waals surface area contributed by atoms with Crippen molar-refractivity contribution in [2.45, 2.75) is 32.7 Å². The smallest absolute Gasteiger partial charge is 0.144 e. The highest BCUT2D eigenvalue weighted by Gasteiger charge is 2.46. The van der Waals surface area contributed by atoms with Crippen molar-refractivity contribution in [1.29, 1.82) is 0 Å². The quantitative estimate of drug-likeness (QED) is 0.899. The van der Waals surface area contributed by atoms with Crippen LogP contribution < -0.4 is 10.2 Å². The fourth-order valence-electron chi connectivity index (χ4n) is 3.30. The standard InChI is InChI=1S/C16H20N2O2/c1-16(2)8-12-14(13(19)9-16)15(18-17-12)10-5-4-6-11(7-10)20-3/h4-7,12,14,17H,8-9H2,1-3H3/t12-,14-/m1/s1. The van der Waals surface area contributed by atoms with Gasteiger partial charge < -0.3 is 10.2 Å². The topological polar surface area (TPSA) is 50.7 Å². The van der Waals surface area contributed by atoms with Gasteiger partial charge in [0.25, 0.3) is 0 Å². The summed E-state index contributed by atoms with van der Waals surface area (Å²) < 4.78 is 5.25. The molecule has 0 unspecified atom stereocenters. The van der Waals surface area contributed by atoms with Crippen LogP contribution in [0.1, 0.15) is 32.3 Å². The zero-order valence-corrected chi connectivity index (χ0v) is 12.1. The number of methoxy groups -OCH3 is 1. The van der Waals surface area contributed by atoms with Crippen LogP contribution in [0.2, 0.25) is 0 Å². The van der Waals surface area contributed by atoms with Crippen LogP contribution >= 0.6 is 0 Å². The molecule has 1 heterocycles. The van der Waals surface area contributed by atoms with Gasteiger partial charge in [-0.05, 0) is 24.0 Å². The van der Waals surface area contributed by atoms with E-state index in [1.54, 1.807) is 7.11 Å². The molecular weight excluding hydrogens is 252 g/mol. The number of hydrazone groups is 1. The monoisotopic (exact) mass is 272 g/mol. The third-order valence-corrected chi connectivity index (χ3v) is 4.19. The summed E-state index contributed by atoms with van der Waals surface area (Å²) in [7, 11) is 1.64. The lowest BCUT2D eigenvalue weighted by Gasteiger charge is -2.36. The van der Waals surface area contributed by atoms with Gasteiger partial charge in [0.1, 0.15) is 11.5 Å². The van der Waals surface area contributed by atoms with Crippen LogP contribution in [0.25, 0.3) is 0 Å². The summed E-state index contributed by atoms with van der Waals surface area (Å²) in [4.78, 5) is 12.5. The first-order valence-corrected chi connectivity index (χ1v) is 7.00. The number of carbonyl (C=O) groups excluding carboxylic acids is 1. The predicted molar refractivity (Wildman–Crippen MR) is 78.0 cm³/mol. The molecule has 3 rings (SSSR count). The van der Waals surface area contributed by atoms with Gasteiger partial charge >= 0.3 is 0 Å². The molecule has 106 valence electrons. The molecular formula is C16H20N2O2. The summed E-state index contributed by atoms with van der Waals surface area (Å²) in [5.74, 6) is 0.963. The number of benzene rings is 1. The van der Waals surface area contributed by atoms with E-state index in [1.165, 1.54) is 0 Å². The third kappa shape index (κ3) is 2.19. The Hall–Kier alpha value is -1.84. The van der Waals surface area contributed by atoms with E-state index in [2.05, 4.69) is 24.4 Å². The van der Waals surface area contributed by atoms with Gasteiger partial charge in [-0.15, -0.1) is 0 Å². The first-order chi connectivity index (χ1) is 9.50. The second-order valence-corrected chi connectivity index (χ2v) is 6.45. The fraction of sp³-hybridized carbons (Fsp3) is 0.500. The summed E-state index contributed by atoms with van der Waals surface area (Å²) in [6, 6.07) is 7.89. The van der Waals surface area contributed by atoms with Gasteiger partial charge in [0.15, 0.2) is 0 Å². The van der Waals surface area contributed by atoms with Gasteiger partial charge in [0.05, 0.1) is 24.8 Å². The summed E-state index contributed by atoms with van der Waals surface area (Å²) in [5.41, 5.74) is 5.04. The van der Waals surface area contributed by atoms with Crippen molar-refractivity contribution < 1.29 is 9.53 Å². The molecule has 4 nitrogen and oxygen atoms in total. The number of hydrogen-bond donors (Lipinski definition) is 1. The van der Waals surface area contributed by atoms with Crippen LogP contribution in [-0.2, 0) is 4.79 Å². The molecule has 0 saturated heterocycles. The number of fused-ring (bicyclic) bond motifs is 1. The Morgan fingerprint density at radius 2 is 2.20 bits per heavy atom. The molecule has 1 saturated carbocycles. The second kappa shape index (κ2) is 4.62. The van der Waals surface area contributed by atoms with Crippen LogP contribution in [-0.4, -0.2) is 24.6 Å². The van der Waals surface area contributed by atoms with Gasteiger partial charge in [-0.2, -0.15) is 5.10 Å². The Morgan fingerprint density at radius 1 is 1.40 bits per heavy atom. The van der Waals surface area contributed by atoms with E-state index in [9.17, 15) is 4.79 Å². The van der Waals surface area contributed by atoms with E-state index in [1.807, 2.05) is 24.3 Å². The van der Waals surface area contributed by atoms with Gasteiger partial charge in [-0.1, -0.05) is 26.0 Å². The number of rotatable bonds is 2. The third-order valence-electron chi connectivity index (χ3n) is 4.19. The van der Waals surface area contributed by atoms with Crippen molar-refractivity contribution in [3.63, 3.8) is 0 Å².